The summed E-state index contributed by atoms with van der Waals surface area (Å²) in [7, 11) is 1.64. The highest BCUT2D eigenvalue weighted by Crippen LogP contribution is 2.37. The van der Waals surface area contributed by atoms with Gasteiger partial charge < -0.3 is 15.4 Å². The number of hydrogen-bond acceptors (Lipinski definition) is 10. The molecule has 1 aromatic carbocycles. The number of azo groups is 1. The lowest BCUT2D eigenvalue weighted by Crippen LogP contribution is -2.28. The van der Waals surface area contributed by atoms with Crippen LogP contribution in [0.25, 0.3) is 21.5 Å². The van der Waals surface area contributed by atoms with Crippen LogP contribution in [0.2, 0.25) is 0 Å². The van der Waals surface area contributed by atoms with Crippen molar-refractivity contribution in [1.82, 2.24) is 19.9 Å². The van der Waals surface area contributed by atoms with Gasteiger partial charge in [-0.15, -0.1) is 5.11 Å². The average Bonchev–Trinajstić information content (AvgIpc) is 3.38. The van der Waals surface area contributed by atoms with Crippen molar-refractivity contribution in [2.24, 2.45) is 10.2 Å². The minimum Gasteiger partial charge on any atom is -0.491 e. The Morgan fingerprint density at radius 1 is 1.12 bits per heavy atom. The second-order valence-electron chi connectivity index (χ2n) is 8.58. The van der Waals surface area contributed by atoms with Crippen LogP contribution in [0, 0.1) is 6.92 Å². The van der Waals surface area contributed by atoms with Gasteiger partial charge in [-0.05, 0) is 55.5 Å². The molecule has 0 saturated heterocycles. The van der Waals surface area contributed by atoms with Crippen LogP contribution >= 0.6 is 11.3 Å². The molecule has 0 radical (unpaired) electrons. The van der Waals surface area contributed by atoms with Gasteiger partial charge in [0.05, 0.1) is 12.2 Å². The molecule has 6 rings (SSSR count). The Labute approximate surface area is 200 Å². The summed E-state index contributed by atoms with van der Waals surface area (Å²) in [6, 6.07) is 6.39. The fourth-order valence-electron chi connectivity index (χ4n) is 4.85. The second-order valence-corrected chi connectivity index (χ2v) is 9.54. The van der Waals surface area contributed by atoms with E-state index in [1.165, 1.54) is 16.9 Å². The number of nitrogens with two attached hydrogens (primary N) is 1. The number of hydrogen-bond donors (Lipinski definition) is 1. The summed E-state index contributed by atoms with van der Waals surface area (Å²) in [5, 5.41) is 8.48. The van der Waals surface area contributed by atoms with Gasteiger partial charge in [-0.2, -0.15) is 10.1 Å². The van der Waals surface area contributed by atoms with Crippen LogP contribution in [-0.2, 0) is 19.4 Å². The molecule has 9 nitrogen and oxygen atoms in total. The van der Waals surface area contributed by atoms with Crippen molar-refractivity contribution in [2.75, 3.05) is 30.8 Å². The van der Waals surface area contributed by atoms with Gasteiger partial charge >= 0.3 is 0 Å². The third kappa shape index (κ3) is 3.63. The third-order valence-electron chi connectivity index (χ3n) is 6.30. The Morgan fingerprint density at radius 2 is 2.03 bits per heavy atom. The number of nitrogens with zero attached hydrogens (tertiary/aromatic N) is 7. The monoisotopic (exact) mass is 472 g/mol. The van der Waals surface area contributed by atoms with Crippen molar-refractivity contribution in [3.8, 4) is 16.9 Å². The van der Waals surface area contributed by atoms with Crippen molar-refractivity contribution < 1.29 is 4.74 Å². The number of fused-ring (bicyclic) bond motifs is 3. The van der Waals surface area contributed by atoms with E-state index >= 15 is 0 Å². The second kappa shape index (κ2) is 8.28. The van der Waals surface area contributed by atoms with Crippen LogP contribution in [0.15, 0.2) is 34.6 Å². The van der Waals surface area contributed by atoms with E-state index in [1.54, 1.807) is 7.05 Å². The predicted molar refractivity (Wildman–Crippen MR) is 133 cm³/mol. The Morgan fingerprint density at radius 3 is 2.91 bits per heavy atom. The highest BCUT2D eigenvalue weighted by molar-refractivity contribution is 7.21. The van der Waals surface area contributed by atoms with Crippen LogP contribution in [0.3, 0.4) is 0 Å². The summed E-state index contributed by atoms with van der Waals surface area (Å²) in [5.41, 5.74) is 13.5. The van der Waals surface area contributed by atoms with Crippen molar-refractivity contribution >= 4 is 38.6 Å². The van der Waals surface area contributed by atoms with E-state index in [9.17, 15) is 0 Å². The number of anilines is 2. The van der Waals surface area contributed by atoms with Crippen LogP contribution in [0.5, 0.6) is 5.75 Å². The normalized spacial score (nSPS) is 15.4. The summed E-state index contributed by atoms with van der Waals surface area (Å²) in [6.07, 6.45) is 4.94. The molecule has 2 aliphatic rings. The molecule has 4 heterocycles. The summed E-state index contributed by atoms with van der Waals surface area (Å²) in [6.45, 7) is 4.12. The quantitative estimate of drug-likeness (QED) is 0.432. The number of benzene rings is 1. The molecule has 3 aromatic heterocycles. The van der Waals surface area contributed by atoms with Gasteiger partial charge in [-0.1, -0.05) is 11.3 Å². The SMILES string of the molecule is CN=Nc1nc2cc(-c3cc(C)c4c(c3)CN(c3nc(N)nc5c3CCC5)CCO4)cnc2s1. The van der Waals surface area contributed by atoms with Gasteiger partial charge in [-0.25, -0.2) is 15.0 Å². The molecule has 0 amide bonds. The number of aromatic nitrogens is 4. The highest BCUT2D eigenvalue weighted by atomic mass is 32.1. The van der Waals surface area contributed by atoms with Gasteiger partial charge in [-0.3, -0.25) is 0 Å². The number of nitrogen functional groups attached to an aromatic ring is 1. The summed E-state index contributed by atoms with van der Waals surface area (Å²) in [4.78, 5) is 21.4. The van der Waals surface area contributed by atoms with Gasteiger partial charge in [0.25, 0.3) is 0 Å². The van der Waals surface area contributed by atoms with E-state index in [0.29, 0.717) is 24.2 Å². The van der Waals surface area contributed by atoms with Gasteiger partial charge in [0.15, 0.2) is 0 Å². The molecule has 0 fully saturated rings. The standard InChI is InChI=1S/C24H24N8OS/c1-13-8-14(15-10-19-22(27-11-15)34-24(29-19)31-26-2)9-16-12-32(6-7-33-20(13)16)21-17-4-3-5-18(17)28-23(25)30-21/h8-11H,3-7,12H2,1-2H3,(H2,25,28,30). The zero-order valence-electron chi connectivity index (χ0n) is 19.1. The van der Waals surface area contributed by atoms with E-state index < -0.39 is 0 Å². The first-order valence-corrected chi connectivity index (χ1v) is 12.1. The highest BCUT2D eigenvalue weighted by Gasteiger charge is 2.26. The molecule has 10 heteroatoms. The fraction of sp³-hybridized carbons (Fsp3) is 0.333. The lowest BCUT2D eigenvalue weighted by atomic mass is 9.99. The van der Waals surface area contributed by atoms with E-state index in [4.69, 9.17) is 10.5 Å². The molecule has 1 aliphatic carbocycles. The first-order chi connectivity index (χ1) is 16.6. The first kappa shape index (κ1) is 20.9. The minimum absolute atomic E-state index is 0.343. The Kier molecular flexibility index (Phi) is 5.09. The van der Waals surface area contributed by atoms with E-state index in [0.717, 1.165) is 75.7 Å². The van der Waals surface area contributed by atoms with Gasteiger partial charge in [0.1, 0.15) is 28.5 Å². The van der Waals surface area contributed by atoms with E-state index in [1.807, 2.05) is 6.20 Å². The van der Waals surface area contributed by atoms with Crippen molar-refractivity contribution in [3.63, 3.8) is 0 Å². The number of rotatable bonds is 3. The maximum atomic E-state index is 6.21. The predicted octanol–water partition coefficient (Wildman–Crippen LogP) is 4.64. The molecular formula is C24H24N8OS. The Hall–Kier alpha value is -3.66. The summed E-state index contributed by atoms with van der Waals surface area (Å²) < 4.78 is 6.21. The maximum Gasteiger partial charge on any atom is 0.232 e. The Bertz CT molecular complexity index is 1450. The largest absolute Gasteiger partial charge is 0.491 e. The lowest BCUT2D eigenvalue weighted by Gasteiger charge is -2.24. The van der Waals surface area contributed by atoms with Crippen LogP contribution < -0.4 is 15.4 Å². The number of thiazole rings is 1. The molecule has 172 valence electrons. The van der Waals surface area contributed by atoms with Gasteiger partial charge in [0, 0.05) is 36.5 Å². The first-order valence-electron chi connectivity index (χ1n) is 11.3. The third-order valence-corrected chi connectivity index (χ3v) is 7.17. The van der Waals surface area contributed by atoms with Crippen molar-refractivity contribution in [1.29, 1.82) is 0 Å². The molecule has 2 N–H and O–H groups in total. The molecule has 0 bridgehead atoms. The maximum absolute atomic E-state index is 6.21. The zero-order valence-corrected chi connectivity index (χ0v) is 19.9. The smallest absolute Gasteiger partial charge is 0.232 e. The topological polar surface area (TPSA) is 115 Å². The summed E-state index contributed by atoms with van der Waals surface area (Å²) >= 11 is 1.43. The number of pyridine rings is 1. The average molecular weight is 473 g/mol. The molecule has 0 atom stereocenters. The number of ether oxygens (including phenoxy) is 1. The van der Waals surface area contributed by atoms with Crippen molar-refractivity contribution in [3.05, 3.63) is 46.8 Å². The van der Waals surface area contributed by atoms with Crippen molar-refractivity contribution in [2.45, 2.75) is 32.7 Å². The van der Waals surface area contributed by atoms with Crippen LogP contribution in [-0.4, -0.2) is 40.1 Å². The molecule has 34 heavy (non-hydrogen) atoms. The molecule has 0 saturated carbocycles. The zero-order chi connectivity index (χ0) is 23.2. The van der Waals surface area contributed by atoms with E-state index in [2.05, 4.69) is 60.2 Å². The molecule has 0 spiro atoms. The lowest BCUT2D eigenvalue weighted by molar-refractivity contribution is 0.329. The number of aryl methyl sites for hydroxylation is 2. The molecular weight excluding hydrogens is 448 g/mol. The molecule has 4 aromatic rings. The minimum atomic E-state index is 0.343. The fourth-order valence-corrected chi connectivity index (χ4v) is 5.61. The molecule has 0 unspecified atom stereocenters. The molecule has 1 aliphatic heterocycles. The van der Waals surface area contributed by atoms with Crippen LogP contribution in [0.4, 0.5) is 16.9 Å². The van der Waals surface area contributed by atoms with E-state index in [-0.39, 0.29) is 0 Å². The van der Waals surface area contributed by atoms with Crippen LogP contribution in [0.1, 0.15) is 28.8 Å². The van der Waals surface area contributed by atoms with Gasteiger partial charge in [0.2, 0.25) is 11.1 Å². The Balaban J connectivity index is 1.39. The summed E-state index contributed by atoms with van der Waals surface area (Å²) in [5.74, 6) is 2.23.